The Kier molecular flexibility index (Phi) is 4.91. The SMILES string of the molecule is CNC(=O)CNC(=O)C1CCCN1C(=O)C(C)(C)C. The first-order valence-electron chi connectivity index (χ1n) is 6.56. The summed E-state index contributed by atoms with van der Waals surface area (Å²) in [6.07, 6.45) is 1.47. The molecule has 0 saturated carbocycles. The van der Waals surface area contributed by atoms with Crippen molar-refractivity contribution in [1.29, 1.82) is 0 Å². The van der Waals surface area contributed by atoms with Crippen molar-refractivity contribution in [3.63, 3.8) is 0 Å². The van der Waals surface area contributed by atoms with Gasteiger partial charge in [0.15, 0.2) is 0 Å². The van der Waals surface area contributed by atoms with Gasteiger partial charge in [-0.05, 0) is 12.8 Å². The van der Waals surface area contributed by atoms with Gasteiger partial charge in [-0.25, -0.2) is 0 Å². The number of rotatable bonds is 3. The van der Waals surface area contributed by atoms with Crippen LogP contribution in [-0.4, -0.2) is 48.8 Å². The van der Waals surface area contributed by atoms with Crippen LogP contribution in [0.2, 0.25) is 0 Å². The maximum absolute atomic E-state index is 12.2. The van der Waals surface area contributed by atoms with Crippen molar-refractivity contribution in [2.24, 2.45) is 5.41 Å². The van der Waals surface area contributed by atoms with Crippen LogP contribution in [0.25, 0.3) is 0 Å². The Morgan fingerprint density at radius 2 is 1.89 bits per heavy atom. The predicted octanol–water partition coefficient (Wildman–Crippen LogP) is -0.114. The van der Waals surface area contributed by atoms with E-state index in [1.165, 1.54) is 7.05 Å². The Labute approximate surface area is 113 Å². The van der Waals surface area contributed by atoms with Crippen molar-refractivity contribution in [3.8, 4) is 0 Å². The van der Waals surface area contributed by atoms with Crippen LogP contribution in [0.15, 0.2) is 0 Å². The van der Waals surface area contributed by atoms with Crippen molar-refractivity contribution >= 4 is 17.7 Å². The number of likely N-dealkylation sites (N-methyl/N-ethyl adjacent to an activating group) is 1. The molecule has 0 aromatic heterocycles. The second-order valence-corrected chi connectivity index (χ2v) is 5.80. The van der Waals surface area contributed by atoms with Gasteiger partial charge >= 0.3 is 0 Å². The monoisotopic (exact) mass is 269 g/mol. The van der Waals surface area contributed by atoms with Crippen molar-refractivity contribution in [2.45, 2.75) is 39.7 Å². The van der Waals surface area contributed by atoms with Gasteiger partial charge in [0.05, 0.1) is 6.54 Å². The van der Waals surface area contributed by atoms with Gasteiger partial charge < -0.3 is 15.5 Å². The van der Waals surface area contributed by atoms with Gasteiger partial charge in [0.25, 0.3) is 0 Å². The van der Waals surface area contributed by atoms with E-state index in [9.17, 15) is 14.4 Å². The normalized spacial score (nSPS) is 19.2. The minimum atomic E-state index is -0.496. The Bertz CT molecular complexity index is 374. The van der Waals surface area contributed by atoms with Gasteiger partial charge in [-0.1, -0.05) is 20.8 Å². The number of nitrogens with zero attached hydrogens (tertiary/aromatic N) is 1. The van der Waals surface area contributed by atoms with E-state index in [-0.39, 0.29) is 24.3 Å². The highest BCUT2D eigenvalue weighted by molar-refractivity contribution is 5.92. The molecule has 19 heavy (non-hydrogen) atoms. The lowest BCUT2D eigenvalue weighted by molar-refractivity contribution is -0.144. The Morgan fingerprint density at radius 1 is 1.26 bits per heavy atom. The molecule has 1 aliphatic rings. The molecule has 3 amide bonds. The summed E-state index contributed by atoms with van der Waals surface area (Å²) in [6, 6.07) is -0.448. The van der Waals surface area contributed by atoms with E-state index in [4.69, 9.17) is 0 Å². The van der Waals surface area contributed by atoms with Gasteiger partial charge in [-0.15, -0.1) is 0 Å². The minimum absolute atomic E-state index is 0.0231. The summed E-state index contributed by atoms with van der Waals surface area (Å²) in [5.41, 5.74) is -0.496. The van der Waals surface area contributed by atoms with E-state index in [1.807, 2.05) is 20.8 Å². The van der Waals surface area contributed by atoms with Crippen LogP contribution in [0.3, 0.4) is 0 Å². The van der Waals surface area contributed by atoms with Gasteiger partial charge in [-0.2, -0.15) is 0 Å². The first kappa shape index (κ1) is 15.5. The molecule has 0 bridgehead atoms. The molecule has 1 atom stereocenters. The maximum Gasteiger partial charge on any atom is 0.243 e. The van der Waals surface area contributed by atoms with Crippen molar-refractivity contribution in [3.05, 3.63) is 0 Å². The third-order valence-corrected chi connectivity index (χ3v) is 3.16. The second-order valence-electron chi connectivity index (χ2n) is 5.80. The van der Waals surface area contributed by atoms with Crippen LogP contribution in [0.5, 0.6) is 0 Å². The van der Waals surface area contributed by atoms with Gasteiger partial charge in [-0.3, -0.25) is 14.4 Å². The van der Waals surface area contributed by atoms with Crippen LogP contribution < -0.4 is 10.6 Å². The lowest BCUT2D eigenvalue weighted by Crippen LogP contribution is -2.50. The summed E-state index contributed by atoms with van der Waals surface area (Å²) >= 11 is 0. The quantitative estimate of drug-likeness (QED) is 0.750. The molecule has 108 valence electrons. The number of carbonyl (C=O) groups excluding carboxylic acids is 3. The molecule has 1 aliphatic heterocycles. The summed E-state index contributed by atoms with van der Waals surface area (Å²) in [5, 5.41) is 5.00. The number of hydrogen-bond donors (Lipinski definition) is 2. The van der Waals surface area contributed by atoms with Crippen LogP contribution in [-0.2, 0) is 14.4 Å². The fourth-order valence-corrected chi connectivity index (χ4v) is 2.09. The molecular formula is C13H23N3O3. The van der Waals surface area contributed by atoms with Gasteiger partial charge in [0.1, 0.15) is 6.04 Å². The minimum Gasteiger partial charge on any atom is -0.358 e. The fourth-order valence-electron chi connectivity index (χ4n) is 2.09. The molecule has 0 spiro atoms. The second kappa shape index (κ2) is 6.04. The molecule has 0 aromatic rings. The molecule has 0 aliphatic carbocycles. The lowest BCUT2D eigenvalue weighted by Gasteiger charge is -2.30. The molecular weight excluding hydrogens is 246 g/mol. The standard InChI is InChI=1S/C13H23N3O3/c1-13(2,3)12(19)16-7-5-6-9(16)11(18)15-8-10(17)14-4/h9H,5-8H2,1-4H3,(H,14,17)(H,15,18). The van der Waals surface area contributed by atoms with Gasteiger partial charge in [0.2, 0.25) is 17.7 Å². The predicted molar refractivity (Wildman–Crippen MR) is 71.3 cm³/mol. The smallest absolute Gasteiger partial charge is 0.243 e. The zero-order valence-corrected chi connectivity index (χ0v) is 12.1. The van der Waals surface area contributed by atoms with E-state index in [0.717, 1.165) is 6.42 Å². The van der Waals surface area contributed by atoms with E-state index in [0.29, 0.717) is 13.0 Å². The van der Waals surface area contributed by atoms with Crippen LogP contribution in [0.4, 0.5) is 0 Å². The largest absolute Gasteiger partial charge is 0.358 e. The van der Waals surface area contributed by atoms with Crippen LogP contribution >= 0.6 is 0 Å². The molecule has 1 unspecified atom stereocenters. The molecule has 1 rings (SSSR count). The Balaban J connectivity index is 2.63. The van der Waals surface area contributed by atoms with Crippen molar-refractivity contribution < 1.29 is 14.4 Å². The summed E-state index contributed by atoms with van der Waals surface area (Å²) in [4.78, 5) is 37.0. The molecule has 1 saturated heterocycles. The summed E-state index contributed by atoms with van der Waals surface area (Å²) in [7, 11) is 1.51. The van der Waals surface area contributed by atoms with Crippen LogP contribution in [0, 0.1) is 5.41 Å². The average molecular weight is 269 g/mol. The molecule has 1 heterocycles. The summed E-state index contributed by atoms with van der Waals surface area (Å²) in [5.74, 6) is -0.524. The van der Waals surface area contributed by atoms with E-state index in [2.05, 4.69) is 10.6 Å². The van der Waals surface area contributed by atoms with E-state index in [1.54, 1.807) is 4.90 Å². The van der Waals surface area contributed by atoms with Crippen molar-refractivity contribution in [1.82, 2.24) is 15.5 Å². The average Bonchev–Trinajstić information content (AvgIpc) is 2.82. The fraction of sp³-hybridized carbons (Fsp3) is 0.769. The number of hydrogen-bond acceptors (Lipinski definition) is 3. The first-order chi connectivity index (χ1) is 8.77. The Morgan fingerprint density at radius 3 is 2.42 bits per heavy atom. The zero-order chi connectivity index (χ0) is 14.6. The lowest BCUT2D eigenvalue weighted by atomic mass is 9.94. The number of amides is 3. The highest BCUT2D eigenvalue weighted by Gasteiger charge is 2.38. The third kappa shape index (κ3) is 3.94. The maximum atomic E-state index is 12.2. The molecule has 0 aromatic carbocycles. The molecule has 6 heteroatoms. The highest BCUT2D eigenvalue weighted by atomic mass is 16.2. The molecule has 0 radical (unpaired) electrons. The van der Waals surface area contributed by atoms with E-state index >= 15 is 0 Å². The Hall–Kier alpha value is -1.59. The number of carbonyl (C=O) groups is 3. The first-order valence-corrected chi connectivity index (χ1v) is 6.56. The number of likely N-dealkylation sites (tertiary alicyclic amines) is 1. The molecule has 6 nitrogen and oxygen atoms in total. The zero-order valence-electron chi connectivity index (χ0n) is 12.1. The third-order valence-electron chi connectivity index (χ3n) is 3.16. The summed E-state index contributed by atoms with van der Waals surface area (Å²) in [6.45, 7) is 6.07. The topological polar surface area (TPSA) is 78.5 Å². The van der Waals surface area contributed by atoms with E-state index < -0.39 is 11.5 Å². The summed E-state index contributed by atoms with van der Waals surface area (Å²) < 4.78 is 0. The molecule has 1 fully saturated rings. The highest BCUT2D eigenvalue weighted by Crippen LogP contribution is 2.25. The van der Waals surface area contributed by atoms with Gasteiger partial charge in [0, 0.05) is 19.0 Å². The molecule has 2 N–H and O–H groups in total. The van der Waals surface area contributed by atoms with Crippen LogP contribution in [0.1, 0.15) is 33.6 Å². The van der Waals surface area contributed by atoms with Crippen molar-refractivity contribution in [2.75, 3.05) is 20.1 Å². The number of nitrogens with one attached hydrogen (secondary N) is 2.